The predicted octanol–water partition coefficient (Wildman–Crippen LogP) is 1.22. The van der Waals surface area contributed by atoms with Gasteiger partial charge >= 0.3 is 0 Å². The fraction of sp³-hybridized carbons (Fsp3) is 0.300. The Bertz CT molecular complexity index is 590. The molecule has 0 saturated carbocycles. The van der Waals surface area contributed by atoms with Crippen LogP contribution in [0, 0.1) is 0 Å². The minimum atomic E-state index is -3.48. The van der Waals surface area contributed by atoms with E-state index in [1.165, 1.54) is 22.7 Å². The molecule has 0 atom stereocenters. The molecule has 18 heavy (non-hydrogen) atoms. The molecule has 2 aromatic rings. The van der Waals surface area contributed by atoms with Gasteiger partial charge in [-0.3, -0.25) is 0 Å². The molecule has 0 fully saturated rings. The number of hydrogen-bond donors (Lipinski definition) is 2. The number of thiophene rings is 1. The number of aliphatic hydroxyl groups is 1. The van der Waals surface area contributed by atoms with Gasteiger partial charge < -0.3 is 5.11 Å². The van der Waals surface area contributed by atoms with Crippen LogP contribution in [0.4, 0.5) is 0 Å². The Morgan fingerprint density at radius 2 is 2.22 bits per heavy atom. The first-order valence-electron chi connectivity index (χ1n) is 5.19. The van der Waals surface area contributed by atoms with Crippen molar-refractivity contribution in [1.29, 1.82) is 0 Å². The van der Waals surface area contributed by atoms with E-state index in [0.29, 0.717) is 6.42 Å². The average Bonchev–Trinajstić information content (AvgIpc) is 2.98. The Labute approximate surface area is 113 Å². The second-order valence-electron chi connectivity index (χ2n) is 3.44. The zero-order valence-corrected chi connectivity index (χ0v) is 11.8. The van der Waals surface area contributed by atoms with E-state index < -0.39 is 10.0 Å². The van der Waals surface area contributed by atoms with Gasteiger partial charge in [-0.15, -0.1) is 22.7 Å². The monoisotopic (exact) mass is 304 g/mol. The summed E-state index contributed by atoms with van der Waals surface area (Å²) in [6.45, 7) is 0.222. The van der Waals surface area contributed by atoms with Gasteiger partial charge in [0.15, 0.2) is 0 Å². The third kappa shape index (κ3) is 3.36. The molecule has 0 bridgehead atoms. The lowest BCUT2D eigenvalue weighted by Gasteiger charge is -2.01. The molecule has 0 spiro atoms. The van der Waals surface area contributed by atoms with Gasteiger partial charge in [0.2, 0.25) is 10.0 Å². The molecule has 0 amide bonds. The maximum Gasteiger partial charge on any atom is 0.250 e. The van der Waals surface area contributed by atoms with E-state index in [4.69, 9.17) is 5.11 Å². The van der Waals surface area contributed by atoms with Crippen LogP contribution in [0.5, 0.6) is 0 Å². The first-order valence-corrected chi connectivity index (χ1v) is 8.37. The highest BCUT2D eigenvalue weighted by Crippen LogP contribution is 2.22. The first-order chi connectivity index (χ1) is 8.62. The van der Waals surface area contributed by atoms with Gasteiger partial charge in [-0.2, -0.15) is 0 Å². The molecule has 0 aliphatic rings. The second kappa shape index (κ2) is 5.89. The molecule has 8 heteroatoms. The average molecular weight is 304 g/mol. The molecule has 0 aliphatic carbocycles. The molecule has 0 unspecified atom stereocenters. The van der Waals surface area contributed by atoms with Crippen molar-refractivity contribution in [3.05, 3.63) is 33.6 Å². The molecule has 2 N–H and O–H groups in total. The summed E-state index contributed by atoms with van der Waals surface area (Å²) < 4.78 is 26.7. The van der Waals surface area contributed by atoms with Crippen LogP contribution in [0.15, 0.2) is 27.9 Å². The Balaban J connectivity index is 2.05. The number of sulfonamides is 1. The number of nitrogens with zero attached hydrogens (tertiary/aromatic N) is 1. The van der Waals surface area contributed by atoms with Crippen LogP contribution in [0.25, 0.3) is 0 Å². The molecular formula is C10H12N2O3S3. The van der Waals surface area contributed by atoms with Crippen LogP contribution < -0.4 is 4.72 Å². The lowest BCUT2D eigenvalue weighted by molar-refractivity contribution is 0.300. The quantitative estimate of drug-likeness (QED) is 0.841. The maximum atomic E-state index is 12.0. The maximum absolute atomic E-state index is 12.0. The summed E-state index contributed by atoms with van der Waals surface area (Å²) in [5, 5.41) is 11.3. The first kappa shape index (κ1) is 13.6. The number of hydrogen-bond acceptors (Lipinski definition) is 6. The Kier molecular flexibility index (Phi) is 4.46. The molecule has 98 valence electrons. The van der Waals surface area contributed by atoms with Crippen molar-refractivity contribution >= 4 is 32.7 Å². The summed E-state index contributed by atoms with van der Waals surface area (Å²) in [5.41, 5.74) is 0. The zero-order chi connectivity index (χ0) is 13.0. The van der Waals surface area contributed by atoms with Crippen molar-refractivity contribution in [2.45, 2.75) is 17.2 Å². The molecule has 0 radical (unpaired) electrons. The number of nitrogens with one attached hydrogen (secondary N) is 1. The van der Waals surface area contributed by atoms with Gasteiger partial charge in [0.05, 0.1) is 6.54 Å². The molecular weight excluding hydrogens is 292 g/mol. The summed E-state index contributed by atoms with van der Waals surface area (Å²) in [7, 11) is -3.48. The van der Waals surface area contributed by atoms with Crippen molar-refractivity contribution in [3.8, 4) is 0 Å². The molecule has 2 aromatic heterocycles. The Morgan fingerprint density at radius 1 is 1.39 bits per heavy atom. The lowest BCUT2D eigenvalue weighted by atomic mass is 10.4. The SMILES string of the molecule is O=S(=O)(NCc1nccs1)c1ccc(CCO)s1. The van der Waals surface area contributed by atoms with Gasteiger partial charge in [0.1, 0.15) is 9.22 Å². The van der Waals surface area contributed by atoms with Crippen LogP contribution >= 0.6 is 22.7 Å². The summed E-state index contributed by atoms with van der Waals surface area (Å²) in [4.78, 5) is 4.86. The van der Waals surface area contributed by atoms with Crippen LogP contribution in [0.2, 0.25) is 0 Å². The van der Waals surface area contributed by atoms with E-state index in [1.54, 1.807) is 23.7 Å². The highest BCUT2D eigenvalue weighted by Gasteiger charge is 2.16. The highest BCUT2D eigenvalue weighted by atomic mass is 32.2. The molecule has 5 nitrogen and oxygen atoms in total. The van der Waals surface area contributed by atoms with E-state index in [0.717, 1.165) is 9.88 Å². The van der Waals surface area contributed by atoms with Crippen molar-refractivity contribution in [1.82, 2.24) is 9.71 Å². The predicted molar refractivity (Wildman–Crippen MR) is 71.2 cm³/mol. The minimum Gasteiger partial charge on any atom is -0.396 e. The van der Waals surface area contributed by atoms with E-state index >= 15 is 0 Å². The van der Waals surface area contributed by atoms with Crippen LogP contribution in [-0.4, -0.2) is 25.1 Å². The molecule has 2 rings (SSSR count). The highest BCUT2D eigenvalue weighted by molar-refractivity contribution is 7.91. The zero-order valence-electron chi connectivity index (χ0n) is 9.37. The van der Waals surface area contributed by atoms with Crippen molar-refractivity contribution in [3.63, 3.8) is 0 Å². The second-order valence-corrected chi connectivity index (χ2v) is 7.59. The Morgan fingerprint density at radius 3 is 2.89 bits per heavy atom. The molecule has 2 heterocycles. The van der Waals surface area contributed by atoms with Gasteiger partial charge in [0, 0.05) is 29.5 Å². The van der Waals surface area contributed by atoms with Crippen molar-refractivity contribution in [2.24, 2.45) is 0 Å². The van der Waals surface area contributed by atoms with E-state index in [1.807, 2.05) is 0 Å². The summed E-state index contributed by atoms with van der Waals surface area (Å²) in [5.74, 6) is 0. The topological polar surface area (TPSA) is 79.3 Å². The number of rotatable bonds is 6. The van der Waals surface area contributed by atoms with Crippen molar-refractivity contribution < 1.29 is 13.5 Å². The fourth-order valence-electron chi connectivity index (χ4n) is 1.32. The van der Waals surface area contributed by atoms with Crippen molar-refractivity contribution in [2.75, 3.05) is 6.61 Å². The van der Waals surface area contributed by atoms with Gasteiger partial charge in [0.25, 0.3) is 0 Å². The summed E-state index contributed by atoms with van der Waals surface area (Å²) in [6.07, 6.45) is 2.12. The third-order valence-corrected chi connectivity index (χ3v) is 5.97. The third-order valence-electron chi connectivity index (χ3n) is 2.16. The summed E-state index contributed by atoms with van der Waals surface area (Å²) in [6, 6.07) is 3.28. The standard InChI is InChI=1S/C10H12N2O3S3/c13-5-3-8-1-2-10(17-8)18(14,15)12-7-9-11-4-6-16-9/h1-2,4,6,12-13H,3,5,7H2. The summed E-state index contributed by atoms with van der Waals surface area (Å²) >= 11 is 2.58. The van der Waals surface area contributed by atoms with E-state index in [2.05, 4.69) is 9.71 Å². The van der Waals surface area contributed by atoms with Crippen LogP contribution in [0.1, 0.15) is 9.88 Å². The molecule has 0 aromatic carbocycles. The minimum absolute atomic E-state index is 0.0204. The van der Waals surface area contributed by atoms with Gasteiger partial charge in [-0.25, -0.2) is 18.1 Å². The molecule has 0 saturated heterocycles. The van der Waals surface area contributed by atoms with E-state index in [-0.39, 0.29) is 17.4 Å². The number of aromatic nitrogens is 1. The lowest BCUT2D eigenvalue weighted by Crippen LogP contribution is -2.22. The van der Waals surface area contributed by atoms with Gasteiger partial charge in [-0.05, 0) is 12.1 Å². The Hall–Kier alpha value is -0.800. The van der Waals surface area contributed by atoms with Gasteiger partial charge in [-0.1, -0.05) is 0 Å². The van der Waals surface area contributed by atoms with Crippen LogP contribution in [0.3, 0.4) is 0 Å². The normalized spacial score (nSPS) is 11.8. The largest absolute Gasteiger partial charge is 0.396 e. The van der Waals surface area contributed by atoms with E-state index in [9.17, 15) is 8.42 Å². The number of aliphatic hydroxyl groups excluding tert-OH is 1. The molecule has 0 aliphatic heterocycles. The van der Waals surface area contributed by atoms with Crippen LogP contribution in [-0.2, 0) is 23.0 Å². The number of thiazole rings is 1. The fourth-order valence-corrected chi connectivity index (χ4v) is 4.34. The smallest absolute Gasteiger partial charge is 0.250 e.